The van der Waals surface area contributed by atoms with Crippen molar-refractivity contribution in [2.24, 2.45) is 5.73 Å². The summed E-state index contributed by atoms with van der Waals surface area (Å²) in [7, 11) is 0. The molecule has 3 atom stereocenters. The summed E-state index contributed by atoms with van der Waals surface area (Å²) in [6.45, 7) is 2.11. The van der Waals surface area contributed by atoms with E-state index >= 15 is 0 Å². The van der Waals surface area contributed by atoms with Crippen LogP contribution in [0.15, 0.2) is 29.2 Å². The van der Waals surface area contributed by atoms with E-state index in [1.54, 1.807) is 0 Å². The Morgan fingerprint density at radius 3 is 2.37 bits per heavy atom. The average molecular weight is 277 g/mol. The maximum absolute atomic E-state index is 6.19. The van der Waals surface area contributed by atoms with Crippen LogP contribution in [0.4, 0.5) is 0 Å². The van der Waals surface area contributed by atoms with Crippen molar-refractivity contribution in [3.05, 3.63) is 29.8 Å². The highest BCUT2D eigenvalue weighted by Gasteiger charge is 2.30. The van der Waals surface area contributed by atoms with Gasteiger partial charge in [0.2, 0.25) is 0 Å². The highest BCUT2D eigenvalue weighted by atomic mass is 32.2. The lowest BCUT2D eigenvalue weighted by molar-refractivity contribution is 0.550. The van der Waals surface area contributed by atoms with Crippen LogP contribution in [0.5, 0.6) is 0 Å². The molecule has 104 valence electrons. The summed E-state index contributed by atoms with van der Waals surface area (Å²) >= 11 is 2.04. The third-order valence-electron chi connectivity index (χ3n) is 4.27. The van der Waals surface area contributed by atoms with Gasteiger partial charge >= 0.3 is 0 Å². The topological polar surface area (TPSA) is 50.1 Å². The Morgan fingerprint density at radius 2 is 1.79 bits per heavy atom. The van der Waals surface area contributed by atoms with Crippen molar-refractivity contribution in [2.75, 3.05) is 0 Å². The molecule has 0 bridgehead atoms. The highest BCUT2D eigenvalue weighted by Crippen LogP contribution is 2.35. The largest absolute Gasteiger partial charge is 0.325 e. The van der Waals surface area contributed by atoms with Gasteiger partial charge in [-0.05, 0) is 37.5 Å². The SMILES string of the molecule is CC1NNC(c2ccc(SC3CCCC3)cc2)C1N. The van der Waals surface area contributed by atoms with Crippen LogP contribution in [-0.2, 0) is 0 Å². The second-order valence-corrected chi connectivity index (χ2v) is 7.10. The molecule has 1 saturated carbocycles. The lowest BCUT2D eigenvalue weighted by Gasteiger charge is -2.17. The summed E-state index contributed by atoms with van der Waals surface area (Å²) in [4.78, 5) is 1.39. The fourth-order valence-corrected chi connectivity index (χ4v) is 4.21. The molecule has 1 aliphatic carbocycles. The Labute approximate surface area is 119 Å². The smallest absolute Gasteiger partial charge is 0.0629 e. The number of rotatable bonds is 3. The van der Waals surface area contributed by atoms with Crippen LogP contribution in [0.2, 0.25) is 0 Å². The van der Waals surface area contributed by atoms with Gasteiger partial charge in [0.05, 0.1) is 6.04 Å². The Morgan fingerprint density at radius 1 is 1.11 bits per heavy atom. The summed E-state index contributed by atoms with van der Waals surface area (Å²) < 4.78 is 0. The molecule has 3 unspecified atom stereocenters. The maximum Gasteiger partial charge on any atom is 0.0629 e. The molecule has 0 amide bonds. The van der Waals surface area contributed by atoms with Crippen LogP contribution in [0, 0.1) is 0 Å². The molecule has 0 radical (unpaired) electrons. The van der Waals surface area contributed by atoms with Crippen molar-refractivity contribution in [3.63, 3.8) is 0 Å². The van der Waals surface area contributed by atoms with E-state index in [0.29, 0.717) is 6.04 Å². The van der Waals surface area contributed by atoms with Crippen molar-refractivity contribution >= 4 is 11.8 Å². The molecule has 2 fully saturated rings. The molecule has 3 nitrogen and oxygen atoms in total. The molecule has 2 aliphatic rings. The second kappa shape index (κ2) is 5.83. The zero-order valence-electron chi connectivity index (χ0n) is 11.4. The first kappa shape index (κ1) is 13.4. The molecule has 1 aliphatic heterocycles. The van der Waals surface area contributed by atoms with E-state index in [9.17, 15) is 0 Å². The van der Waals surface area contributed by atoms with E-state index in [-0.39, 0.29) is 12.1 Å². The van der Waals surface area contributed by atoms with Crippen LogP contribution >= 0.6 is 11.8 Å². The average Bonchev–Trinajstić information content (AvgIpc) is 3.03. The van der Waals surface area contributed by atoms with Crippen LogP contribution in [0.3, 0.4) is 0 Å². The fourth-order valence-electron chi connectivity index (χ4n) is 2.96. The van der Waals surface area contributed by atoms with E-state index in [1.807, 2.05) is 11.8 Å². The van der Waals surface area contributed by atoms with Gasteiger partial charge in [0.15, 0.2) is 0 Å². The summed E-state index contributed by atoms with van der Waals surface area (Å²) in [6, 6.07) is 9.60. The molecule has 1 aromatic carbocycles. The minimum absolute atomic E-state index is 0.133. The lowest BCUT2D eigenvalue weighted by atomic mass is 9.98. The van der Waals surface area contributed by atoms with Crippen LogP contribution < -0.4 is 16.6 Å². The first-order valence-electron chi connectivity index (χ1n) is 7.27. The quantitative estimate of drug-likeness (QED) is 0.795. The third kappa shape index (κ3) is 2.97. The molecular formula is C15H23N3S. The maximum atomic E-state index is 6.19. The number of thioether (sulfide) groups is 1. The molecule has 4 heteroatoms. The normalized spacial score (nSPS) is 32.0. The van der Waals surface area contributed by atoms with E-state index in [4.69, 9.17) is 5.73 Å². The Balaban J connectivity index is 1.65. The number of benzene rings is 1. The van der Waals surface area contributed by atoms with Gasteiger partial charge in [0, 0.05) is 22.2 Å². The van der Waals surface area contributed by atoms with E-state index in [1.165, 1.54) is 36.1 Å². The first-order chi connectivity index (χ1) is 9.24. The highest BCUT2D eigenvalue weighted by molar-refractivity contribution is 8.00. The van der Waals surface area contributed by atoms with Crippen molar-refractivity contribution in [1.82, 2.24) is 10.9 Å². The summed E-state index contributed by atoms with van der Waals surface area (Å²) in [6.07, 6.45) is 5.56. The van der Waals surface area contributed by atoms with Crippen LogP contribution in [0.25, 0.3) is 0 Å². The van der Waals surface area contributed by atoms with E-state index in [2.05, 4.69) is 42.0 Å². The molecule has 19 heavy (non-hydrogen) atoms. The van der Waals surface area contributed by atoms with E-state index < -0.39 is 0 Å². The molecule has 1 saturated heterocycles. The zero-order chi connectivity index (χ0) is 13.2. The van der Waals surface area contributed by atoms with Gasteiger partial charge in [0.1, 0.15) is 0 Å². The van der Waals surface area contributed by atoms with Gasteiger partial charge in [0.25, 0.3) is 0 Å². The third-order valence-corrected chi connectivity index (χ3v) is 5.62. The molecule has 1 heterocycles. The Hall–Kier alpha value is -0.550. The second-order valence-electron chi connectivity index (χ2n) is 5.73. The van der Waals surface area contributed by atoms with Crippen molar-refractivity contribution in [1.29, 1.82) is 0 Å². The molecule has 4 N–H and O–H groups in total. The van der Waals surface area contributed by atoms with Gasteiger partial charge < -0.3 is 5.73 Å². The fraction of sp³-hybridized carbons (Fsp3) is 0.600. The molecule has 1 aromatic rings. The number of hydrogen-bond acceptors (Lipinski definition) is 4. The first-order valence-corrected chi connectivity index (χ1v) is 8.15. The summed E-state index contributed by atoms with van der Waals surface area (Å²) in [5, 5.41) is 0.833. The number of hydrazine groups is 1. The summed E-state index contributed by atoms with van der Waals surface area (Å²) in [5.74, 6) is 0. The van der Waals surface area contributed by atoms with Gasteiger partial charge in [-0.2, -0.15) is 0 Å². The molecule has 3 rings (SSSR count). The number of hydrogen-bond donors (Lipinski definition) is 3. The van der Waals surface area contributed by atoms with Gasteiger partial charge in [-0.15, -0.1) is 11.8 Å². The lowest BCUT2D eigenvalue weighted by Crippen LogP contribution is -2.35. The zero-order valence-corrected chi connectivity index (χ0v) is 12.2. The molecular weight excluding hydrogens is 254 g/mol. The van der Waals surface area contributed by atoms with Gasteiger partial charge in [-0.25, -0.2) is 5.43 Å². The standard InChI is InChI=1S/C15H23N3S/c1-10-14(16)15(18-17-10)11-6-8-13(9-7-11)19-12-4-2-3-5-12/h6-10,12,14-15,17-18H,2-5,16H2,1H3. The van der Waals surface area contributed by atoms with E-state index in [0.717, 1.165) is 5.25 Å². The van der Waals surface area contributed by atoms with Gasteiger partial charge in [-0.3, -0.25) is 5.43 Å². The van der Waals surface area contributed by atoms with Crippen LogP contribution in [-0.4, -0.2) is 17.3 Å². The minimum Gasteiger partial charge on any atom is -0.325 e. The predicted octanol–water partition coefficient (Wildman–Crippen LogP) is 2.59. The Bertz CT molecular complexity index is 414. The molecule has 0 aromatic heterocycles. The van der Waals surface area contributed by atoms with Crippen molar-refractivity contribution in [2.45, 2.75) is 60.9 Å². The van der Waals surface area contributed by atoms with Crippen LogP contribution in [0.1, 0.15) is 44.2 Å². The monoisotopic (exact) mass is 277 g/mol. The van der Waals surface area contributed by atoms with Gasteiger partial charge in [-0.1, -0.05) is 25.0 Å². The number of nitrogens with one attached hydrogen (secondary N) is 2. The van der Waals surface area contributed by atoms with Crippen molar-refractivity contribution in [3.8, 4) is 0 Å². The molecule has 0 spiro atoms. The predicted molar refractivity (Wildman–Crippen MR) is 81.0 cm³/mol. The summed E-state index contributed by atoms with van der Waals surface area (Å²) in [5.41, 5.74) is 14.0. The van der Waals surface area contributed by atoms with Crippen molar-refractivity contribution < 1.29 is 0 Å². The number of nitrogens with two attached hydrogens (primary N) is 1. The minimum atomic E-state index is 0.133. The Kier molecular flexibility index (Phi) is 4.12.